The van der Waals surface area contributed by atoms with Crippen LogP contribution in [0.4, 0.5) is 4.39 Å². The predicted molar refractivity (Wildman–Crippen MR) is 23.1 cm³/mol. The Labute approximate surface area is 33.8 Å². The van der Waals surface area contributed by atoms with Gasteiger partial charge in [-0.2, -0.15) is 0 Å². The molecule has 27 valence electrons. The van der Waals surface area contributed by atoms with E-state index >= 15 is 0 Å². The van der Waals surface area contributed by atoms with Gasteiger partial charge >= 0.3 is 0 Å². The van der Waals surface area contributed by atoms with E-state index in [1.165, 1.54) is 0 Å². The normalized spacial score (nSPS) is 8.20. The number of rotatable bonds is 0. The molecule has 0 unspecified atom stereocenters. The minimum absolute atomic E-state index is 0.329. The second-order valence-electron chi connectivity index (χ2n) is 0.678. The summed E-state index contributed by atoms with van der Waals surface area (Å²) in [5.74, 6) is 1.51. The SMILES string of the molecule is C#C[C](F)[SiH3]. The molecule has 0 heterocycles. The maximum absolute atomic E-state index is 11.2. The second kappa shape index (κ2) is 1.98. The van der Waals surface area contributed by atoms with Gasteiger partial charge < -0.3 is 0 Å². The third-order valence-electron chi connectivity index (χ3n) is 0.199. The fourth-order valence-electron chi connectivity index (χ4n) is 0. The molecule has 0 amide bonds. The molecule has 0 aromatic rings. The monoisotopic (exact) mass is 87.0 g/mol. The van der Waals surface area contributed by atoms with Gasteiger partial charge in [0.1, 0.15) is 0 Å². The Morgan fingerprint density at radius 1 is 2.00 bits per heavy atom. The van der Waals surface area contributed by atoms with Crippen molar-refractivity contribution in [2.24, 2.45) is 0 Å². The third kappa shape index (κ3) is 3.71. The number of hydrogen-bond acceptors (Lipinski definition) is 0. The largest absolute Gasteiger partial charge is 0.231 e. The number of hydrogen-bond donors (Lipinski definition) is 0. The van der Waals surface area contributed by atoms with Crippen LogP contribution in [0.5, 0.6) is 0 Å². The first-order valence-electron chi connectivity index (χ1n) is 1.23. The van der Waals surface area contributed by atoms with Crippen molar-refractivity contribution < 1.29 is 4.39 Å². The lowest BCUT2D eigenvalue weighted by Gasteiger charge is -1.73. The first-order valence-corrected chi connectivity index (χ1v) is 2.23. The molecule has 0 atom stereocenters. The summed E-state index contributed by atoms with van der Waals surface area (Å²) in [7, 11) is 0.383. The van der Waals surface area contributed by atoms with Gasteiger partial charge in [0.25, 0.3) is 0 Å². The Balaban J connectivity index is 2.94. The van der Waals surface area contributed by atoms with Crippen molar-refractivity contribution in [3.8, 4) is 12.3 Å². The molecule has 5 heavy (non-hydrogen) atoms. The molecule has 0 nitrogen and oxygen atoms in total. The highest BCUT2D eigenvalue weighted by Gasteiger charge is 1.83. The molecule has 0 aromatic carbocycles. The van der Waals surface area contributed by atoms with Crippen molar-refractivity contribution in [3.63, 3.8) is 0 Å². The third-order valence-corrected chi connectivity index (χ3v) is 0.488. The lowest BCUT2D eigenvalue weighted by molar-refractivity contribution is 0.632. The first-order chi connectivity index (χ1) is 2.27. The van der Waals surface area contributed by atoms with Crippen molar-refractivity contribution in [1.82, 2.24) is 0 Å². The summed E-state index contributed by atoms with van der Waals surface area (Å²) in [6.45, 7) is 0. The molecule has 0 aliphatic rings. The van der Waals surface area contributed by atoms with Crippen molar-refractivity contribution in [2.75, 3.05) is 0 Å². The van der Waals surface area contributed by atoms with Crippen LogP contribution in [0.2, 0.25) is 0 Å². The van der Waals surface area contributed by atoms with Crippen LogP contribution in [0.15, 0.2) is 0 Å². The van der Waals surface area contributed by atoms with Crippen LogP contribution >= 0.6 is 0 Å². The maximum Gasteiger partial charge on any atom is 0.185 e. The fraction of sp³-hybridized carbons (Fsp3) is 0. The van der Waals surface area contributed by atoms with E-state index < -0.39 is 0 Å². The zero-order chi connectivity index (χ0) is 4.28. The molecule has 0 saturated heterocycles. The minimum Gasteiger partial charge on any atom is -0.231 e. The lowest BCUT2D eigenvalue weighted by Crippen LogP contribution is -1.75. The maximum atomic E-state index is 11.2. The predicted octanol–water partition coefficient (Wildman–Crippen LogP) is -0.556. The molecule has 0 fully saturated rings. The van der Waals surface area contributed by atoms with Crippen LogP contribution in [0.1, 0.15) is 0 Å². The summed E-state index contributed by atoms with van der Waals surface area (Å²) in [5, 5.41) is 0. The number of terminal acetylenes is 1. The van der Waals surface area contributed by atoms with E-state index in [2.05, 4.69) is 6.42 Å². The Bertz CT molecular complexity index is 52.4. The molecule has 0 saturated carbocycles. The first kappa shape index (κ1) is 4.71. The smallest absolute Gasteiger partial charge is 0.185 e. The number of halogens is 1. The van der Waals surface area contributed by atoms with Crippen LogP contribution < -0.4 is 0 Å². The van der Waals surface area contributed by atoms with E-state index in [0.717, 1.165) is 0 Å². The van der Waals surface area contributed by atoms with Crippen LogP contribution in [-0.2, 0) is 0 Å². The quantitative estimate of drug-likeness (QED) is 0.274. The van der Waals surface area contributed by atoms with Crippen LogP contribution in [0, 0.1) is 18.1 Å². The second-order valence-corrected chi connectivity index (χ2v) is 1.56. The van der Waals surface area contributed by atoms with E-state index in [4.69, 9.17) is 0 Å². The van der Waals surface area contributed by atoms with E-state index in [-0.39, 0.29) is 5.79 Å². The highest BCUT2D eigenvalue weighted by Crippen LogP contribution is 1.84. The Kier molecular flexibility index (Phi) is 1.86. The molecule has 0 aliphatic carbocycles. The molecule has 1 radical (unpaired) electrons. The summed E-state index contributed by atoms with van der Waals surface area (Å²) in [4.78, 5) is 0. The van der Waals surface area contributed by atoms with Crippen molar-refractivity contribution >= 4 is 10.2 Å². The van der Waals surface area contributed by atoms with Crippen LogP contribution in [-0.4, -0.2) is 10.2 Å². The van der Waals surface area contributed by atoms with E-state index in [9.17, 15) is 4.39 Å². The molecule has 0 aliphatic heterocycles. The van der Waals surface area contributed by atoms with Crippen molar-refractivity contribution in [3.05, 3.63) is 5.79 Å². The lowest BCUT2D eigenvalue weighted by atomic mass is 10.8. The summed E-state index contributed by atoms with van der Waals surface area (Å²) >= 11 is 0. The van der Waals surface area contributed by atoms with Gasteiger partial charge in [-0.25, -0.2) is 4.39 Å². The average molecular weight is 87.1 g/mol. The van der Waals surface area contributed by atoms with Gasteiger partial charge in [0, 0.05) is 0 Å². The molecule has 0 rings (SSSR count). The summed E-state index contributed by atoms with van der Waals surface area (Å²) in [5.41, 5.74) is 0. The molecule has 2 heteroatoms. The molecule has 0 bridgehead atoms. The highest BCUT2D eigenvalue weighted by atomic mass is 28.1. The van der Waals surface area contributed by atoms with E-state index in [1.807, 2.05) is 5.92 Å². The Hall–Kier alpha value is -0.293. The topological polar surface area (TPSA) is 0 Å². The van der Waals surface area contributed by atoms with Crippen molar-refractivity contribution in [2.45, 2.75) is 0 Å². The van der Waals surface area contributed by atoms with Gasteiger partial charge in [0.2, 0.25) is 0 Å². The average Bonchev–Trinajstić information content (AvgIpc) is 1.38. The zero-order valence-electron chi connectivity index (χ0n) is 2.96. The van der Waals surface area contributed by atoms with Gasteiger partial charge in [0.05, 0.1) is 10.2 Å². The van der Waals surface area contributed by atoms with Crippen LogP contribution in [0.3, 0.4) is 0 Å². The minimum atomic E-state index is -0.329. The Morgan fingerprint density at radius 3 is 2.20 bits per heavy atom. The molecular formula is C3H4FSi. The van der Waals surface area contributed by atoms with Gasteiger partial charge in [-0.15, -0.1) is 6.42 Å². The van der Waals surface area contributed by atoms with E-state index in [1.54, 1.807) is 0 Å². The zero-order valence-corrected chi connectivity index (χ0v) is 4.96. The van der Waals surface area contributed by atoms with Gasteiger partial charge in [0.15, 0.2) is 5.79 Å². The Morgan fingerprint density at radius 2 is 2.20 bits per heavy atom. The molecule has 0 spiro atoms. The molecule has 0 N–H and O–H groups in total. The summed E-state index contributed by atoms with van der Waals surface area (Å²) in [6, 6.07) is 0. The van der Waals surface area contributed by atoms with Gasteiger partial charge in [-0.05, 0) is 0 Å². The summed E-state index contributed by atoms with van der Waals surface area (Å²) < 4.78 is 11.2. The highest BCUT2D eigenvalue weighted by molar-refractivity contribution is 6.19. The van der Waals surface area contributed by atoms with Gasteiger partial charge in [-0.1, -0.05) is 5.92 Å². The van der Waals surface area contributed by atoms with Crippen molar-refractivity contribution in [1.29, 1.82) is 0 Å². The molecule has 0 aromatic heterocycles. The van der Waals surface area contributed by atoms with E-state index in [0.29, 0.717) is 10.2 Å². The summed E-state index contributed by atoms with van der Waals surface area (Å²) in [6.07, 6.45) is 4.54. The standard InChI is InChI=1S/C3H4FSi/c1-2-3(4)5/h1H,5H3. The van der Waals surface area contributed by atoms with Gasteiger partial charge in [-0.3, -0.25) is 0 Å². The molecular weight excluding hydrogens is 83.1 g/mol. The van der Waals surface area contributed by atoms with Crippen LogP contribution in [0.25, 0.3) is 0 Å². The fourth-order valence-corrected chi connectivity index (χ4v) is 0.